The molecule has 0 unspecified atom stereocenters. The van der Waals surface area contributed by atoms with E-state index < -0.39 is 0 Å². The quantitative estimate of drug-likeness (QED) is 0.434. The molecule has 3 aromatic carbocycles. The highest BCUT2D eigenvalue weighted by Gasteiger charge is 2.11. The van der Waals surface area contributed by atoms with E-state index in [4.69, 9.17) is 0 Å². The molecule has 0 spiro atoms. The van der Waals surface area contributed by atoms with Crippen LogP contribution in [0.25, 0.3) is 43.6 Å². The van der Waals surface area contributed by atoms with E-state index in [1.54, 1.807) is 12.1 Å². The molecule has 0 radical (unpaired) electrons. The Labute approximate surface area is 154 Å². The molecular formula is C23H18N2O2. The first-order chi connectivity index (χ1) is 13.0. The molecule has 0 bridgehead atoms. The lowest BCUT2D eigenvalue weighted by atomic mass is 10.0. The largest absolute Gasteiger partial charge is 0.354 e. The molecule has 0 amide bonds. The van der Waals surface area contributed by atoms with Gasteiger partial charge >= 0.3 is 0 Å². The molecule has 0 aliphatic heterocycles. The molecule has 2 aromatic heterocycles. The van der Waals surface area contributed by atoms with Crippen LogP contribution in [-0.4, -0.2) is 9.97 Å². The van der Waals surface area contributed by atoms with Crippen LogP contribution in [0.3, 0.4) is 0 Å². The van der Waals surface area contributed by atoms with Gasteiger partial charge in [-0.3, -0.25) is 9.59 Å². The van der Waals surface area contributed by atoms with E-state index in [0.717, 1.165) is 28.6 Å². The zero-order chi connectivity index (χ0) is 18.7. The number of pyridine rings is 2. The minimum absolute atomic E-state index is 0.0131. The lowest BCUT2D eigenvalue weighted by Crippen LogP contribution is -2.08. The maximum Gasteiger partial charge on any atom is 0.197 e. The van der Waals surface area contributed by atoms with Crippen molar-refractivity contribution in [1.82, 2.24) is 9.97 Å². The number of aromatic nitrogens is 2. The highest BCUT2D eigenvalue weighted by molar-refractivity contribution is 6.02. The summed E-state index contributed by atoms with van der Waals surface area (Å²) in [5.74, 6) is 0. The molecule has 27 heavy (non-hydrogen) atoms. The summed E-state index contributed by atoms with van der Waals surface area (Å²) in [6.07, 6.45) is 0.879. The Hall–Kier alpha value is -3.40. The van der Waals surface area contributed by atoms with Gasteiger partial charge in [0, 0.05) is 32.6 Å². The first-order valence-corrected chi connectivity index (χ1v) is 9.10. The molecule has 2 N–H and O–H groups in total. The summed E-state index contributed by atoms with van der Waals surface area (Å²) < 4.78 is 0. The predicted octanol–water partition coefficient (Wildman–Crippen LogP) is 4.55. The Kier molecular flexibility index (Phi) is 3.25. The number of rotatable bonds is 1. The number of H-pyrrole nitrogens is 2. The molecule has 4 nitrogen and oxygen atoms in total. The molecular weight excluding hydrogens is 336 g/mol. The molecule has 5 rings (SSSR count). The molecule has 0 saturated carbocycles. The Balaban J connectivity index is 1.96. The van der Waals surface area contributed by atoms with Crippen molar-refractivity contribution in [3.05, 3.63) is 80.1 Å². The van der Waals surface area contributed by atoms with Gasteiger partial charge in [0.2, 0.25) is 0 Å². The summed E-state index contributed by atoms with van der Waals surface area (Å²) in [7, 11) is 0. The Morgan fingerprint density at radius 1 is 0.667 bits per heavy atom. The Morgan fingerprint density at radius 2 is 1.19 bits per heavy atom. The molecule has 132 valence electrons. The predicted molar refractivity (Wildman–Crippen MR) is 112 cm³/mol. The zero-order valence-corrected chi connectivity index (χ0v) is 15.1. The van der Waals surface area contributed by atoms with Crippen LogP contribution in [0.5, 0.6) is 0 Å². The number of fused-ring (bicyclic) bond motifs is 4. The lowest BCUT2D eigenvalue weighted by molar-refractivity contribution is 1.14. The molecule has 5 aromatic rings. The summed E-state index contributed by atoms with van der Waals surface area (Å²) in [4.78, 5) is 32.7. The molecule has 4 heteroatoms. The summed E-state index contributed by atoms with van der Waals surface area (Å²) in [6.45, 7) is 4.04. The topological polar surface area (TPSA) is 65.7 Å². The second-order valence-electron chi connectivity index (χ2n) is 7.13. The number of hydrogen-bond acceptors (Lipinski definition) is 2. The standard InChI is InChI=1S/C23H18N2O2/c1-3-13-5-7-19-15(9-13)23(27)17-11-20-16(10-21(17)25-19)22(26)14-8-12(2)4-6-18(14)24-20/h4-11H,3H2,1-2H3,(H,24,26)(H,25,27). The second kappa shape index (κ2) is 5.55. The molecule has 0 atom stereocenters. The molecule has 0 aliphatic carbocycles. The van der Waals surface area contributed by atoms with Crippen molar-refractivity contribution in [1.29, 1.82) is 0 Å². The second-order valence-corrected chi connectivity index (χ2v) is 7.13. The SMILES string of the molecule is CCc1ccc2[nH]c3cc4c(=O)c5cc(C)ccc5[nH]c4cc3c(=O)c2c1. The maximum atomic E-state index is 13.1. The van der Waals surface area contributed by atoms with Crippen LogP contribution in [0.2, 0.25) is 0 Å². The molecule has 0 fully saturated rings. The Morgan fingerprint density at radius 3 is 1.78 bits per heavy atom. The van der Waals surface area contributed by atoms with Gasteiger partial charge in [0.1, 0.15) is 0 Å². The van der Waals surface area contributed by atoms with Gasteiger partial charge in [-0.25, -0.2) is 0 Å². The third kappa shape index (κ3) is 2.30. The van der Waals surface area contributed by atoms with Gasteiger partial charge in [-0.2, -0.15) is 0 Å². The molecule has 0 aliphatic rings. The number of nitrogens with one attached hydrogen (secondary N) is 2. The lowest BCUT2D eigenvalue weighted by Gasteiger charge is -2.08. The molecule has 0 saturated heterocycles. The van der Waals surface area contributed by atoms with Crippen molar-refractivity contribution >= 4 is 43.6 Å². The summed E-state index contributed by atoms with van der Waals surface area (Å²) in [6, 6.07) is 15.3. The smallest absolute Gasteiger partial charge is 0.197 e. The number of benzene rings is 3. The zero-order valence-electron chi connectivity index (χ0n) is 15.1. The maximum absolute atomic E-state index is 13.1. The average Bonchev–Trinajstić information content (AvgIpc) is 2.68. The van der Waals surface area contributed by atoms with Gasteiger partial charge in [0.05, 0.1) is 11.0 Å². The fourth-order valence-corrected chi connectivity index (χ4v) is 3.83. The first kappa shape index (κ1) is 15.8. The van der Waals surface area contributed by atoms with Crippen LogP contribution < -0.4 is 10.9 Å². The average molecular weight is 354 g/mol. The van der Waals surface area contributed by atoms with Crippen LogP contribution in [0.4, 0.5) is 0 Å². The van der Waals surface area contributed by atoms with Crippen LogP contribution in [0.15, 0.2) is 58.1 Å². The highest BCUT2D eigenvalue weighted by Crippen LogP contribution is 2.22. The first-order valence-electron chi connectivity index (χ1n) is 9.10. The number of hydrogen-bond donors (Lipinski definition) is 2. The van der Waals surface area contributed by atoms with Gasteiger partial charge in [0.15, 0.2) is 10.9 Å². The fourth-order valence-electron chi connectivity index (χ4n) is 3.83. The summed E-state index contributed by atoms with van der Waals surface area (Å²) in [5.41, 5.74) is 5.07. The third-order valence-corrected chi connectivity index (χ3v) is 5.34. The minimum atomic E-state index is -0.0216. The van der Waals surface area contributed by atoms with Crippen LogP contribution in [-0.2, 0) is 6.42 Å². The highest BCUT2D eigenvalue weighted by atomic mass is 16.1. The fraction of sp³-hybridized carbons (Fsp3) is 0.130. The summed E-state index contributed by atoms with van der Waals surface area (Å²) >= 11 is 0. The van der Waals surface area contributed by atoms with E-state index in [-0.39, 0.29) is 10.9 Å². The molecule has 2 heterocycles. The van der Waals surface area contributed by atoms with Crippen molar-refractivity contribution < 1.29 is 0 Å². The summed E-state index contributed by atoms with van der Waals surface area (Å²) in [5, 5.41) is 2.52. The van der Waals surface area contributed by atoms with Gasteiger partial charge in [0.25, 0.3) is 0 Å². The van der Waals surface area contributed by atoms with E-state index >= 15 is 0 Å². The van der Waals surface area contributed by atoms with E-state index in [0.29, 0.717) is 32.6 Å². The van der Waals surface area contributed by atoms with Crippen molar-refractivity contribution in [2.45, 2.75) is 20.3 Å². The van der Waals surface area contributed by atoms with Gasteiger partial charge in [-0.05, 0) is 55.3 Å². The number of aromatic amines is 2. The monoisotopic (exact) mass is 354 g/mol. The number of aryl methyl sites for hydroxylation is 2. The van der Waals surface area contributed by atoms with E-state index in [9.17, 15) is 9.59 Å². The van der Waals surface area contributed by atoms with Crippen molar-refractivity contribution in [3.8, 4) is 0 Å². The van der Waals surface area contributed by atoms with Gasteiger partial charge in [-0.15, -0.1) is 0 Å². The third-order valence-electron chi connectivity index (χ3n) is 5.34. The van der Waals surface area contributed by atoms with Crippen LogP contribution >= 0.6 is 0 Å². The van der Waals surface area contributed by atoms with Crippen LogP contribution in [0, 0.1) is 6.92 Å². The van der Waals surface area contributed by atoms with E-state index in [1.807, 2.05) is 43.3 Å². The normalized spacial score (nSPS) is 11.8. The van der Waals surface area contributed by atoms with Crippen molar-refractivity contribution in [2.24, 2.45) is 0 Å². The van der Waals surface area contributed by atoms with Gasteiger partial charge in [-0.1, -0.05) is 24.6 Å². The minimum Gasteiger partial charge on any atom is -0.354 e. The Bertz CT molecular complexity index is 1510. The van der Waals surface area contributed by atoms with Crippen molar-refractivity contribution in [3.63, 3.8) is 0 Å². The van der Waals surface area contributed by atoms with Crippen molar-refractivity contribution in [2.75, 3.05) is 0 Å². The van der Waals surface area contributed by atoms with Gasteiger partial charge < -0.3 is 9.97 Å². The van der Waals surface area contributed by atoms with E-state index in [1.165, 1.54) is 0 Å². The van der Waals surface area contributed by atoms with Crippen LogP contribution in [0.1, 0.15) is 18.1 Å². The van der Waals surface area contributed by atoms with E-state index in [2.05, 4.69) is 16.9 Å².